The molecule has 0 aromatic carbocycles. The van der Waals surface area contributed by atoms with E-state index in [4.69, 9.17) is 21.2 Å². The number of carbonyl (C=O) groups is 6. The fourth-order valence-electron chi connectivity index (χ4n) is 3.31. The highest BCUT2D eigenvalue weighted by molar-refractivity contribution is 8.00. The van der Waals surface area contributed by atoms with Crippen LogP contribution in [-0.4, -0.2) is 92.9 Å². The van der Waals surface area contributed by atoms with Crippen molar-refractivity contribution < 1.29 is 43.4 Å². The number of carboxylic acid groups (broad SMARTS) is 1. The lowest BCUT2D eigenvalue weighted by Crippen LogP contribution is -2.71. The number of hydrogen-bond donors (Lipinski definition) is 3. The van der Waals surface area contributed by atoms with Gasteiger partial charge in [-0.15, -0.1) is 34.7 Å². The zero-order valence-electron chi connectivity index (χ0n) is 19.3. The van der Waals surface area contributed by atoms with E-state index in [2.05, 4.69) is 20.8 Å². The quantitative estimate of drug-likeness (QED) is 0.0801. The fourth-order valence-corrected chi connectivity index (χ4v) is 5.42. The van der Waals surface area contributed by atoms with E-state index in [9.17, 15) is 33.9 Å². The second-order valence-corrected chi connectivity index (χ2v) is 9.73. The zero-order chi connectivity index (χ0) is 27.3. The number of rotatable bonds is 11. The number of thiazole rings is 1. The van der Waals surface area contributed by atoms with E-state index in [0.717, 1.165) is 28.0 Å². The number of hydrogen-bond acceptors (Lipinski definition) is 12. The molecule has 3 amide bonds. The minimum Gasteiger partial charge on any atom is -0.477 e. The lowest BCUT2D eigenvalue weighted by Gasteiger charge is -2.49. The van der Waals surface area contributed by atoms with Crippen LogP contribution in [0.5, 0.6) is 0 Å². The van der Waals surface area contributed by atoms with Crippen molar-refractivity contribution in [1.82, 2.24) is 15.2 Å². The van der Waals surface area contributed by atoms with Crippen LogP contribution in [-0.2, 0) is 38.3 Å². The molecule has 14 nitrogen and oxygen atoms in total. The molecule has 1 aromatic rings. The molecule has 1 fully saturated rings. The number of carboxylic acids is 1. The average molecular weight is 574 g/mol. The molecule has 198 valence electrons. The lowest BCUT2D eigenvalue weighted by molar-refractivity contribution is -0.150. The van der Waals surface area contributed by atoms with E-state index >= 15 is 0 Å². The van der Waals surface area contributed by atoms with Gasteiger partial charge in [0.2, 0.25) is 5.91 Å². The Kier molecular flexibility index (Phi) is 9.23. The summed E-state index contributed by atoms with van der Waals surface area (Å²) in [6.07, 6.45) is -0.451. The number of esters is 1. The number of alkyl halides is 1. The summed E-state index contributed by atoms with van der Waals surface area (Å²) in [7, 11) is 1.21. The first kappa shape index (κ1) is 28.1. The summed E-state index contributed by atoms with van der Waals surface area (Å²) in [5, 5.41) is 19.2. The standard InChI is InChI=1S/C20H20ClN5O9S2/c1-8(27)3-12(29)35-5-9-6-36-18-14(17(31)26(18)15(9)19(32)33)24-16(30)13(25-34-2)10-7-37-20(22-10)23-11(28)4-21/h7,14,18H,3-6H2,1-2H3,(H,24,30)(H,32,33)(H,22,23,28)/b25-13+/t14-,18-/m1/s1. The second-order valence-electron chi connectivity index (χ2n) is 7.50. The number of carbonyl (C=O) groups excluding carboxylic acids is 5. The maximum atomic E-state index is 12.9. The number of halogens is 1. The van der Waals surface area contributed by atoms with Gasteiger partial charge in [-0.1, -0.05) is 5.16 Å². The van der Waals surface area contributed by atoms with Crippen LogP contribution in [0.25, 0.3) is 0 Å². The Hall–Kier alpha value is -3.50. The largest absolute Gasteiger partial charge is 0.477 e. The third-order valence-corrected chi connectivity index (χ3v) is 7.19. The number of thioether (sulfide) groups is 1. The number of ketones is 1. The van der Waals surface area contributed by atoms with Gasteiger partial charge in [0.15, 0.2) is 10.8 Å². The summed E-state index contributed by atoms with van der Waals surface area (Å²) in [5.74, 6) is -4.81. The van der Waals surface area contributed by atoms with Crippen LogP contribution in [0.2, 0.25) is 0 Å². The average Bonchev–Trinajstić information content (AvgIpc) is 3.30. The Morgan fingerprint density at radius 1 is 1.32 bits per heavy atom. The molecule has 0 bridgehead atoms. The van der Waals surface area contributed by atoms with Crippen molar-refractivity contribution >= 4 is 81.0 Å². The molecule has 1 aromatic heterocycles. The van der Waals surface area contributed by atoms with E-state index in [-0.39, 0.29) is 39.4 Å². The topological polar surface area (TPSA) is 194 Å². The molecule has 2 aliphatic rings. The van der Waals surface area contributed by atoms with Gasteiger partial charge in [-0.25, -0.2) is 9.78 Å². The number of aliphatic carboxylic acids is 1. The summed E-state index contributed by atoms with van der Waals surface area (Å²) in [6.45, 7) is 0.818. The maximum Gasteiger partial charge on any atom is 0.352 e. The monoisotopic (exact) mass is 573 g/mol. The van der Waals surface area contributed by atoms with Crippen LogP contribution in [0.3, 0.4) is 0 Å². The maximum absolute atomic E-state index is 12.9. The normalized spacial score (nSPS) is 18.9. The third-order valence-electron chi connectivity index (χ3n) is 4.85. The number of fused-ring (bicyclic) bond motifs is 1. The first-order chi connectivity index (χ1) is 17.6. The van der Waals surface area contributed by atoms with Crippen LogP contribution >= 0.6 is 34.7 Å². The van der Waals surface area contributed by atoms with Crippen LogP contribution in [0.1, 0.15) is 19.0 Å². The second kappa shape index (κ2) is 12.2. The predicted molar refractivity (Wildman–Crippen MR) is 131 cm³/mol. The zero-order valence-corrected chi connectivity index (χ0v) is 21.7. The van der Waals surface area contributed by atoms with Gasteiger partial charge in [-0.2, -0.15) is 0 Å². The first-order valence-electron chi connectivity index (χ1n) is 10.4. The van der Waals surface area contributed by atoms with Gasteiger partial charge in [-0.3, -0.25) is 28.9 Å². The van der Waals surface area contributed by atoms with E-state index in [0.29, 0.717) is 0 Å². The number of oxime groups is 1. The smallest absolute Gasteiger partial charge is 0.352 e. The van der Waals surface area contributed by atoms with Crippen molar-refractivity contribution in [2.75, 3.05) is 30.7 Å². The molecule has 3 N–H and O–H groups in total. The lowest BCUT2D eigenvalue weighted by atomic mass is 10.0. The molecule has 2 atom stereocenters. The van der Waals surface area contributed by atoms with Crippen molar-refractivity contribution in [1.29, 1.82) is 0 Å². The molecule has 0 saturated carbocycles. The Balaban J connectivity index is 1.72. The van der Waals surface area contributed by atoms with Gasteiger partial charge in [0.25, 0.3) is 11.8 Å². The summed E-state index contributed by atoms with van der Waals surface area (Å²) in [6, 6.07) is -1.08. The fraction of sp³-hybridized carbons (Fsp3) is 0.400. The molecule has 37 heavy (non-hydrogen) atoms. The van der Waals surface area contributed by atoms with Crippen LogP contribution in [0.4, 0.5) is 5.13 Å². The molecule has 3 rings (SSSR count). The van der Waals surface area contributed by atoms with Gasteiger partial charge in [0.05, 0.1) is 0 Å². The molecular weight excluding hydrogens is 554 g/mol. The molecule has 0 radical (unpaired) electrons. The number of β-lactam (4-membered cyclic amide) rings is 1. The molecule has 2 aliphatic heterocycles. The number of aromatic nitrogens is 1. The molecule has 3 heterocycles. The van der Waals surface area contributed by atoms with Gasteiger partial charge in [0.1, 0.15) is 54.6 Å². The summed E-state index contributed by atoms with van der Waals surface area (Å²) >= 11 is 7.63. The van der Waals surface area contributed by atoms with Crippen molar-refractivity contribution in [2.45, 2.75) is 24.8 Å². The van der Waals surface area contributed by atoms with Crippen molar-refractivity contribution in [2.24, 2.45) is 5.16 Å². The van der Waals surface area contributed by atoms with Gasteiger partial charge in [-0.05, 0) is 6.92 Å². The highest BCUT2D eigenvalue weighted by Gasteiger charge is 2.54. The predicted octanol–water partition coefficient (Wildman–Crippen LogP) is -0.0682. The molecule has 1 saturated heterocycles. The molecule has 0 unspecified atom stereocenters. The molecule has 17 heteroatoms. The van der Waals surface area contributed by atoms with Gasteiger partial charge < -0.3 is 25.3 Å². The van der Waals surface area contributed by atoms with Crippen LogP contribution in [0.15, 0.2) is 21.8 Å². The van der Waals surface area contributed by atoms with E-state index in [1.165, 1.54) is 19.4 Å². The first-order valence-corrected chi connectivity index (χ1v) is 12.8. The van der Waals surface area contributed by atoms with Gasteiger partial charge >= 0.3 is 11.9 Å². The highest BCUT2D eigenvalue weighted by Crippen LogP contribution is 2.40. The minimum absolute atomic E-state index is 0.0648. The number of nitrogens with one attached hydrogen (secondary N) is 2. The summed E-state index contributed by atoms with van der Waals surface area (Å²) < 4.78 is 4.98. The molecule has 0 aliphatic carbocycles. The number of amides is 3. The van der Waals surface area contributed by atoms with Crippen molar-refractivity contribution in [3.05, 3.63) is 22.3 Å². The van der Waals surface area contributed by atoms with Crippen LogP contribution < -0.4 is 10.6 Å². The third kappa shape index (κ3) is 6.44. The van der Waals surface area contributed by atoms with E-state index in [1.807, 2.05) is 0 Å². The minimum atomic E-state index is -1.41. The van der Waals surface area contributed by atoms with Gasteiger partial charge in [0, 0.05) is 16.7 Å². The van der Waals surface area contributed by atoms with Crippen molar-refractivity contribution in [3.8, 4) is 0 Å². The Morgan fingerprint density at radius 3 is 2.68 bits per heavy atom. The van der Waals surface area contributed by atoms with E-state index in [1.54, 1.807) is 0 Å². The summed E-state index contributed by atoms with van der Waals surface area (Å²) in [4.78, 5) is 81.7. The Labute approximate surface area is 222 Å². The summed E-state index contributed by atoms with van der Waals surface area (Å²) in [5.41, 5.74) is -0.376. The van der Waals surface area contributed by atoms with Crippen molar-refractivity contribution in [3.63, 3.8) is 0 Å². The molecule has 0 spiro atoms. The number of Topliss-reactive ketones (excluding diaryl/α,β-unsaturated/α-hetero) is 1. The highest BCUT2D eigenvalue weighted by atomic mass is 35.5. The molecular formula is C20H20ClN5O9S2. The van der Waals surface area contributed by atoms with Crippen LogP contribution in [0, 0.1) is 0 Å². The SMILES string of the molecule is CO/N=C(/C(=O)N[C@@H]1C(=O)N2C(C(=O)O)=C(COC(=O)CC(C)=O)CS[C@H]12)c1csc(NC(=O)CCl)n1. The Morgan fingerprint density at radius 2 is 2.05 bits per heavy atom. The Bertz CT molecular complexity index is 1210. The number of anilines is 1. The number of nitrogens with zero attached hydrogens (tertiary/aromatic N) is 3. The number of ether oxygens (including phenoxy) is 1. The van der Waals surface area contributed by atoms with E-state index < -0.39 is 59.9 Å².